The lowest BCUT2D eigenvalue weighted by Gasteiger charge is -2.31. The van der Waals surface area contributed by atoms with E-state index in [1.807, 2.05) is 0 Å². The molecular formula is C17H25Br. The molecule has 1 heteroatoms. The summed E-state index contributed by atoms with van der Waals surface area (Å²) in [4.78, 5) is 0.547. The molecule has 1 saturated carbocycles. The van der Waals surface area contributed by atoms with E-state index in [-0.39, 0.29) is 0 Å². The lowest BCUT2D eigenvalue weighted by atomic mass is 9.78. The second-order valence-corrected chi connectivity index (χ2v) is 7.22. The van der Waals surface area contributed by atoms with E-state index in [0.717, 1.165) is 11.8 Å². The molecule has 1 atom stereocenters. The van der Waals surface area contributed by atoms with Crippen molar-refractivity contribution in [2.75, 3.05) is 0 Å². The third-order valence-electron chi connectivity index (χ3n) is 4.49. The summed E-state index contributed by atoms with van der Waals surface area (Å²) in [6.45, 7) is 9.10. The van der Waals surface area contributed by atoms with Gasteiger partial charge in [-0.1, -0.05) is 53.4 Å². The largest absolute Gasteiger partial charge is 0.0836 e. The van der Waals surface area contributed by atoms with E-state index >= 15 is 0 Å². The van der Waals surface area contributed by atoms with Gasteiger partial charge >= 0.3 is 0 Å². The molecule has 1 unspecified atom stereocenters. The molecule has 0 amide bonds. The van der Waals surface area contributed by atoms with Crippen molar-refractivity contribution in [1.29, 1.82) is 0 Å². The summed E-state index contributed by atoms with van der Waals surface area (Å²) in [5.74, 6) is 1.75. The highest BCUT2D eigenvalue weighted by Gasteiger charge is 2.27. The van der Waals surface area contributed by atoms with Gasteiger partial charge in [0.2, 0.25) is 0 Å². The van der Waals surface area contributed by atoms with Crippen LogP contribution in [-0.2, 0) is 0 Å². The van der Waals surface area contributed by atoms with Gasteiger partial charge in [-0.3, -0.25) is 0 Å². The number of halogens is 1. The SMILES string of the molecule is Cc1cc(C)c(C(Br)C2CCC(C)CC2)c(C)c1. The van der Waals surface area contributed by atoms with E-state index in [1.165, 1.54) is 42.4 Å². The van der Waals surface area contributed by atoms with Gasteiger partial charge in [-0.05, 0) is 62.1 Å². The van der Waals surface area contributed by atoms with Gasteiger partial charge in [-0.15, -0.1) is 0 Å². The van der Waals surface area contributed by atoms with E-state index in [9.17, 15) is 0 Å². The van der Waals surface area contributed by atoms with Crippen LogP contribution in [0.5, 0.6) is 0 Å². The van der Waals surface area contributed by atoms with Gasteiger partial charge in [0.05, 0.1) is 0 Å². The number of alkyl halides is 1. The Morgan fingerprint density at radius 1 is 1.00 bits per heavy atom. The summed E-state index contributed by atoms with van der Waals surface area (Å²) in [6, 6.07) is 4.64. The molecule has 0 aromatic heterocycles. The van der Waals surface area contributed by atoms with Crippen molar-refractivity contribution >= 4 is 15.9 Å². The highest BCUT2D eigenvalue weighted by atomic mass is 79.9. The first-order chi connectivity index (χ1) is 8.49. The maximum absolute atomic E-state index is 3.99. The van der Waals surface area contributed by atoms with Crippen LogP contribution in [0.3, 0.4) is 0 Å². The van der Waals surface area contributed by atoms with Crippen molar-refractivity contribution in [3.63, 3.8) is 0 Å². The standard InChI is InChI=1S/C17H25Br/c1-11-5-7-15(8-6-11)17(18)16-13(3)9-12(2)10-14(16)4/h9-11,15,17H,5-8H2,1-4H3. The van der Waals surface area contributed by atoms with E-state index in [4.69, 9.17) is 0 Å². The van der Waals surface area contributed by atoms with Crippen molar-refractivity contribution in [3.05, 3.63) is 34.4 Å². The molecule has 0 bridgehead atoms. The van der Waals surface area contributed by atoms with Crippen LogP contribution < -0.4 is 0 Å². The molecule has 1 fully saturated rings. The number of hydrogen-bond acceptors (Lipinski definition) is 0. The molecule has 1 aliphatic carbocycles. The molecule has 0 radical (unpaired) electrons. The van der Waals surface area contributed by atoms with Crippen LogP contribution in [0.2, 0.25) is 0 Å². The summed E-state index contributed by atoms with van der Waals surface area (Å²) in [7, 11) is 0. The van der Waals surface area contributed by atoms with E-state index in [1.54, 1.807) is 5.56 Å². The van der Waals surface area contributed by atoms with Crippen LogP contribution in [0.25, 0.3) is 0 Å². The smallest absolute Gasteiger partial charge is 0.0428 e. The summed E-state index contributed by atoms with van der Waals surface area (Å²) in [5, 5.41) is 0. The fourth-order valence-electron chi connectivity index (χ4n) is 3.44. The predicted molar refractivity (Wildman–Crippen MR) is 83.4 cm³/mol. The van der Waals surface area contributed by atoms with Gasteiger partial charge in [0.15, 0.2) is 0 Å². The lowest BCUT2D eigenvalue weighted by molar-refractivity contribution is 0.287. The Balaban J connectivity index is 2.21. The van der Waals surface area contributed by atoms with Gasteiger partial charge in [0.25, 0.3) is 0 Å². The summed E-state index contributed by atoms with van der Waals surface area (Å²) >= 11 is 3.99. The van der Waals surface area contributed by atoms with Crippen molar-refractivity contribution in [3.8, 4) is 0 Å². The van der Waals surface area contributed by atoms with Crippen LogP contribution in [-0.4, -0.2) is 0 Å². The molecule has 0 heterocycles. The van der Waals surface area contributed by atoms with Crippen molar-refractivity contribution in [2.24, 2.45) is 11.8 Å². The van der Waals surface area contributed by atoms with Crippen LogP contribution in [0.1, 0.15) is 59.7 Å². The zero-order valence-corrected chi connectivity index (χ0v) is 13.7. The van der Waals surface area contributed by atoms with Crippen molar-refractivity contribution < 1.29 is 0 Å². The van der Waals surface area contributed by atoms with Gasteiger partial charge in [-0.25, -0.2) is 0 Å². The van der Waals surface area contributed by atoms with Gasteiger partial charge < -0.3 is 0 Å². The molecule has 0 aliphatic heterocycles. The Bertz CT molecular complexity index is 391. The molecule has 2 rings (SSSR count). The Kier molecular flexibility index (Phi) is 4.53. The van der Waals surface area contributed by atoms with E-state index in [2.05, 4.69) is 55.8 Å². The summed E-state index contributed by atoms with van der Waals surface area (Å²) in [5.41, 5.74) is 5.83. The minimum Gasteiger partial charge on any atom is -0.0836 e. The number of hydrogen-bond donors (Lipinski definition) is 0. The highest BCUT2D eigenvalue weighted by Crippen LogP contribution is 2.43. The quantitative estimate of drug-likeness (QED) is 0.599. The molecule has 100 valence electrons. The monoisotopic (exact) mass is 308 g/mol. The van der Waals surface area contributed by atoms with Crippen molar-refractivity contribution in [1.82, 2.24) is 0 Å². The number of rotatable bonds is 2. The second kappa shape index (κ2) is 5.77. The molecule has 0 spiro atoms. The Morgan fingerprint density at radius 2 is 1.50 bits per heavy atom. The molecule has 18 heavy (non-hydrogen) atoms. The Labute approximate surface area is 120 Å². The minimum absolute atomic E-state index is 0.547. The first-order valence-electron chi connectivity index (χ1n) is 7.21. The third-order valence-corrected chi connectivity index (χ3v) is 5.69. The van der Waals surface area contributed by atoms with Crippen LogP contribution in [0.15, 0.2) is 12.1 Å². The normalized spacial score (nSPS) is 26.1. The fourth-order valence-corrected chi connectivity index (χ4v) is 4.69. The zero-order valence-electron chi connectivity index (χ0n) is 12.1. The van der Waals surface area contributed by atoms with Crippen LogP contribution in [0.4, 0.5) is 0 Å². The molecule has 1 aromatic rings. The second-order valence-electron chi connectivity index (χ2n) is 6.23. The molecule has 1 aromatic carbocycles. The molecular weight excluding hydrogens is 284 g/mol. The highest BCUT2D eigenvalue weighted by molar-refractivity contribution is 9.09. The lowest BCUT2D eigenvalue weighted by Crippen LogP contribution is -2.17. The number of aryl methyl sites for hydroxylation is 3. The van der Waals surface area contributed by atoms with Gasteiger partial charge in [0, 0.05) is 4.83 Å². The average molecular weight is 309 g/mol. The maximum atomic E-state index is 3.99. The predicted octanol–water partition coefficient (Wildman–Crippen LogP) is 5.87. The van der Waals surface area contributed by atoms with Crippen LogP contribution in [0, 0.1) is 32.6 Å². The topological polar surface area (TPSA) is 0 Å². The zero-order chi connectivity index (χ0) is 13.3. The Hall–Kier alpha value is -0.300. The first-order valence-corrected chi connectivity index (χ1v) is 8.12. The first kappa shape index (κ1) is 14.1. The molecule has 0 saturated heterocycles. The molecule has 0 nitrogen and oxygen atoms in total. The summed E-state index contributed by atoms with van der Waals surface area (Å²) in [6.07, 6.45) is 5.56. The fraction of sp³-hybridized carbons (Fsp3) is 0.647. The average Bonchev–Trinajstić information content (AvgIpc) is 2.28. The van der Waals surface area contributed by atoms with Crippen molar-refractivity contribution in [2.45, 2.75) is 58.2 Å². The van der Waals surface area contributed by atoms with Gasteiger partial charge in [-0.2, -0.15) is 0 Å². The molecule has 1 aliphatic rings. The summed E-state index contributed by atoms with van der Waals surface area (Å²) < 4.78 is 0. The molecule has 0 N–H and O–H groups in total. The number of benzene rings is 1. The third kappa shape index (κ3) is 2.99. The Morgan fingerprint density at radius 3 is 2.00 bits per heavy atom. The van der Waals surface area contributed by atoms with Gasteiger partial charge in [0.1, 0.15) is 0 Å². The van der Waals surface area contributed by atoms with E-state index in [0.29, 0.717) is 4.83 Å². The maximum Gasteiger partial charge on any atom is 0.0428 e. The van der Waals surface area contributed by atoms with E-state index < -0.39 is 0 Å². The van der Waals surface area contributed by atoms with Crippen LogP contribution >= 0.6 is 15.9 Å². The minimum atomic E-state index is 0.547.